The van der Waals surface area contributed by atoms with Crippen LogP contribution in [-0.2, 0) is 0 Å². The molecule has 0 aromatic carbocycles. The van der Waals surface area contributed by atoms with Crippen LogP contribution in [0.4, 0.5) is 8.78 Å². The third-order valence-corrected chi connectivity index (χ3v) is 5.41. The smallest absolute Gasteiger partial charge is 0.275 e. The first-order valence-electron chi connectivity index (χ1n) is 7.75. The second kappa shape index (κ2) is 6.38. The second-order valence-corrected chi connectivity index (χ2v) is 6.75. The van der Waals surface area contributed by atoms with E-state index >= 15 is 0 Å². The predicted molar refractivity (Wildman–Crippen MR) is 78.0 cm³/mol. The molecule has 0 atom stereocenters. The normalized spacial score (nSPS) is 20.4. The van der Waals surface area contributed by atoms with Crippen LogP contribution >= 0.6 is 11.5 Å². The van der Waals surface area contributed by atoms with Crippen LogP contribution in [0.25, 0.3) is 0 Å². The average molecular weight is 314 g/mol. The lowest BCUT2D eigenvalue weighted by molar-refractivity contribution is 0.0712. The van der Waals surface area contributed by atoms with Crippen LogP contribution in [-0.4, -0.2) is 28.3 Å². The van der Waals surface area contributed by atoms with Crippen molar-refractivity contribution in [3.8, 4) is 0 Å². The molecule has 1 aromatic heterocycles. The molecule has 116 valence electrons. The topological polar surface area (TPSA) is 33.2 Å². The number of amides is 1. The number of alkyl halides is 2. The van der Waals surface area contributed by atoms with Gasteiger partial charge in [0.05, 0.1) is 11.3 Å². The first-order chi connectivity index (χ1) is 10.2. The van der Waals surface area contributed by atoms with Crippen molar-refractivity contribution >= 4 is 17.4 Å². The number of aromatic nitrogens is 1. The molecule has 1 amide bonds. The fourth-order valence-corrected chi connectivity index (χ4v) is 4.21. The van der Waals surface area contributed by atoms with E-state index in [1.165, 1.54) is 0 Å². The molecule has 0 unspecified atom stereocenters. The van der Waals surface area contributed by atoms with Gasteiger partial charge in [-0.2, -0.15) is 4.37 Å². The Labute approximate surface area is 127 Å². The average Bonchev–Trinajstić information content (AvgIpc) is 3.16. The van der Waals surface area contributed by atoms with E-state index in [0.29, 0.717) is 18.8 Å². The summed E-state index contributed by atoms with van der Waals surface area (Å²) in [5.41, 5.74) is 0.868. The van der Waals surface area contributed by atoms with E-state index in [9.17, 15) is 13.6 Å². The molecule has 0 bridgehead atoms. The lowest BCUT2D eigenvalue weighted by atomic mass is 9.97. The van der Waals surface area contributed by atoms with Crippen molar-refractivity contribution < 1.29 is 13.6 Å². The maximum atomic E-state index is 13.3. The minimum Gasteiger partial charge on any atom is -0.339 e. The summed E-state index contributed by atoms with van der Waals surface area (Å²) in [5.74, 6) is -0.0295. The fraction of sp³-hybridized carbons (Fsp3) is 0.733. The number of likely N-dealkylation sites (tertiary alicyclic amines) is 1. The third-order valence-electron chi connectivity index (χ3n) is 4.54. The molecule has 2 aliphatic rings. The van der Waals surface area contributed by atoms with E-state index in [-0.39, 0.29) is 22.3 Å². The van der Waals surface area contributed by atoms with E-state index < -0.39 is 6.43 Å². The van der Waals surface area contributed by atoms with E-state index in [4.69, 9.17) is 0 Å². The monoisotopic (exact) mass is 314 g/mol. The molecule has 1 aromatic rings. The molecule has 0 N–H and O–H groups in total. The highest BCUT2D eigenvalue weighted by Crippen LogP contribution is 2.40. The van der Waals surface area contributed by atoms with Gasteiger partial charge < -0.3 is 4.90 Å². The molecule has 21 heavy (non-hydrogen) atoms. The standard InChI is InChI=1S/C15H20F2N2OS/c16-14(17)13-11(15(20)19-8-4-1-5-9-19)12(18-21-13)10-6-2-3-7-10/h10,14H,1-9H2. The van der Waals surface area contributed by atoms with Gasteiger partial charge in [-0.3, -0.25) is 4.79 Å². The number of rotatable bonds is 3. The molecule has 0 spiro atoms. The number of halogens is 2. The summed E-state index contributed by atoms with van der Waals surface area (Å²) in [4.78, 5) is 14.3. The van der Waals surface area contributed by atoms with Crippen molar-refractivity contribution in [3.63, 3.8) is 0 Å². The van der Waals surface area contributed by atoms with Crippen LogP contribution in [0, 0.1) is 0 Å². The molecular formula is C15H20F2N2OS. The van der Waals surface area contributed by atoms with Crippen LogP contribution in [0.5, 0.6) is 0 Å². The van der Waals surface area contributed by atoms with Gasteiger partial charge in [-0.1, -0.05) is 12.8 Å². The lowest BCUT2D eigenvalue weighted by Gasteiger charge is -2.27. The van der Waals surface area contributed by atoms with E-state index in [0.717, 1.165) is 56.5 Å². The second-order valence-electron chi connectivity index (χ2n) is 5.94. The molecule has 2 heterocycles. The summed E-state index contributed by atoms with van der Waals surface area (Å²) in [5, 5.41) is 0. The number of carbonyl (C=O) groups excluding carboxylic acids is 1. The van der Waals surface area contributed by atoms with Gasteiger partial charge >= 0.3 is 0 Å². The summed E-state index contributed by atoms with van der Waals surface area (Å²) in [7, 11) is 0. The SMILES string of the molecule is O=C(c1c(C2CCCC2)nsc1C(F)F)N1CCCCC1. The van der Waals surface area contributed by atoms with Gasteiger partial charge in [-0.15, -0.1) is 0 Å². The minimum atomic E-state index is -2.61. The summed E-state index contributed by atoms with van der Waals surface area (Å²) < 4.78 is 30.8. The van der Waals surface area contributed by atoms with Crippen LogP contribution in [0.2, 0.25) is 0 Å². The summed E-state index contributed by atoms with van der Waals surface area (Å²) >= 11 is 0.816. The molecule has 3 nitrogen and oxygen atoms in total. The van der Waals surface area contributed by atoms with Gasteiger partial charge in [-0.25, -0.2) is 8.78 Å². The number of hydrogen-bond donors (Lipinski definition) is 0. The lowest BCUT2D eigenvalue weighted by Crippen LogP contribution is -2.36. The quantitative estimate of drug-likeness (QED) is 0.830. The molecule has 2 fully saturated rings. The number of nitrogens with zero attached hydrogens (tertiary/aromatic N) is 2. The Morgan fingerprint density at radius 3 is 2.43 bits per heavy atom. The zero-order valence-corrected chi connectivity index (χ0v) is 12.8. The van der Waals surface area contributed by atoms with Gasteiger partial charge in [0, 0.05) is 19.0 Å². The van der Waals surface area contributed by atoms with Crippen molar-refractivity contribution in [1.29, 1.82) is 0 Å². The van der Waals surface area contributed by atoms with Gasteiger partial charge in [-0.05, 0) is 43.6 Å². The van der Waals surface area contributed by atoms with Crippen molar-refractivity contribution in [2.45, 2.75) is 57.3 Å². The highest BCUT2D eigenvalue weighted by Gasteiger charge is 2.33. The molecule has 1 saturated heterocycles. The Bertz CT molecular complexity index is 506. The Hall–Kier alpha value is -1.04. The zero-order valence-electron chi connectivity index (χ0n) is 12.0. The maximum absolute atomic E-state index is 13.3. The molecule has 1 saturated carbocycles. The van der Waals surface area contributed by atoms with Crippen LogP contribution in [0.15, 0.2) is 0 Å². The molecule has 0 radical (unpaired) electrons. The first kappa shape index (κ1) is 14.9. The first-order valence-corrected chi connectivity index (χ1v) is 8.52. The Kier molecular flexibility index (Phi) is 4.52. The molecule has 1 aliphatic carbocycles. The van der Waals surface area contributed by atoms with E-state index in [1.54, 1.807) is 4.90 Å². The Morgan fingerprint density at radius 2 is 1.81 bits per heavy atom. The van der Waals surface area contributed by atoms with Gasteiger partial charge in [0.1, 0.15) is 4.88 Å². The van der Waals surface area contributed by atoms with E-state index in [1.807, 2.05) is 0 Å². The summed E-state index contributed by atoms with van der Waals surface area (Å²) in [6, 6.07) is 0. The van der Waals surface area contributed by atoms with Crippen molar-refractivity contribution in [3.05, 3.63) is 16.1 Å². The largest absolute Gasteiger partial charge is 0.339 e. The minimum absolute atomic E-state index is 0.132. The van der Waals surface area contributed by atoms with Crippen LogP contribution in [0.3, 0.4) is 0 Å². The number of carbonyl (C=O) groups is 1. The van der Waals surface area contributed by atoms with Gasteiger partial charge in [0.25, 0.3) is 12.3 Å². The third kappa shape index (κ3) is 2.96. The van der Waals surface area contributed by atoms with Gasteiger partial charge in [0.2, 0.25) is 0 Å². The van der Waals surface area contributed by atoms with Crippen molar-refractivity contribution in [1.82, 2.24) is 9.27 Å². The molecule has 1 aliphatic heterocycles. The summed E-state index contributed by atoms with van der Waals surface area (Å²) in [6.45, 7) is 1.36. The highest BCUT2D eigenvalue weighted by molar-refractivity contribution is 7.06. The predicted octanol–water partition coefficient (Wildman–Crippen LogP) is 4.36. The van der Waals surface area contributed by atoms with Crippen molar-refractivity contribution in [2.75, 3.05) is 13.1 Å². The van der Waals surface area contributed by atoms with Gasteiger partial charge in [0.15, 0.2) is 0 Å². The van der Waals surface area contributed by atoms with Crippen molar-refractivity contribution in [2.24, 2.45) is 0 Å². The zero-order chi connectivity index (χ0) is 14.8. The molecule has 3 rings (SSSR count). The Balaban J connectivity index is 1.93. The number of piperidine rings is 1. The summed E-state index contributed by atoms with van der Waals surface area (Å²) in [6.07, 6.45) is 4.56. The maximum Gasteiger partial charge on any atom is 0.275 e. The van der Waals surface area contributed by atoms with Crippen LogP contribution in [0.1, 0.15) is 78.2 Å². The van der Waals surface area contributed by atoms with E-state index in [2.05, 4.69) is 4.37 Å². The molecule has 6 heteroatoms. The number of hydrogen-bond acceptors (Lipinski definition) is 3. The molecular weight excluding hydrogens is 294 g/mol. The van der Waals surface area contributed by atoms with Crippen LogP contribution < -0.4 is 0 Å². The fourth-order valence-electron chi connectivity index (χ4n) is 3.41. The highest BCUT2D eigenvalue weighted by atomic mass is 32.1. The Morgan fingerprint density at radius 1 is 1.14 bits per heavy atom.